The number of aryl methyl sites for hydroxylation is 2. The molecule has 0 saturated heterocycles. The van der Waals surface area contributed by atoms with Gasteiger partial charge < -0.3 is 4.74 Å². The first kappa shape index (κ1) is 16.5. The SMILES string of the molecule is COc1ccc(-c2nc3sc4c(c3c3n[nH]c(=O)n23)CCCCCC4)cc1. The zero-order valence-electron chi connectivity index (χ0n) is 15.1. The van der Waals surface area contributed by atoms with E-state index in [4.69, 9.17) is 9.72 Å². The summed E-state index contributed by atoms with van der Waals surface area (Å²) in [6, 6.07) is 7.61. The number of hydrogen-bond donors (Lipinski definition) is 1. The Kier molecular flexibility index (Phi) is 3.97. The van der Waals surface area contributed by atoms with E-state index in [-0.39, 0.29) is 5.69 Å². The van der Waals surface area contributed by atoms with Gasteiger partial charge in [0.1, 0.15) is 10.6 Å². The molecule has 0 atom stereocenters. The molecule has 3 aromatic heterocycles. The summed E-state index contributed by atoms with van der Waals surface area (Å²) in [6.45, 7) is 0. The van der Waals surface area contributed by atoms with E-state index in [0.717, 1.165) is 34.4 Å². The fourth-order valence-electron chi connectivity index (χ4n) is 3.96. The van der Waals surface area contributed by atoms with E-state index in [1.165, 1.54) is 36.1 Å². The van der Waals surface area contributed by atoms with E-state index in [0.29, 0.717) is 11.5 Å². The summed E-state index contributed by atoms with van der Waals surface area (Å²) < 4.78 is 6.85. The van der Waals surface area contributed by atoms with E-state index in [1.54, 1.807) is 22.8 Å². The summed E-state index contributed by atoms with van der Waals surface area (Å²) in [6.07, 6.45) is 7.08. The minimum Gasteiger partial charge on any atom is -0.497 e. The zero-order chi connectivity index (χ0) is 18.4. The molecule has 6 nitrogen and oxygen atoms in total. The average molecular weight is 380 g/mol. The van der Waals surface area contributed by atoms with Crippen LogP contribution in [-0.4, -0.2) is 26.7 Å². The predicted octanol–water partition coefficient (Wildman–Crippen LogP) is 3.97. The summed E-state index contributed by atoms with van der Waals surface area (Å²) in [7, 11) is 1.64. The first-order valence-electron chi connectivity index (χ1n) is 9.32. The average Bonchev–Trinajstić information content (AvgIpc) is 3.21. The minimum absolute atomic E-state index is 0.254. The number of nitrogens with one attached hydrogen (secondary N) is 1. The molecule has 4 aromatic rings. The Morgan fingerprint density at radius 1 is 1.11 bits per heavy atom. The van der Waals surface area contributed by atoms with Crippen LogP contribution in [0.25, 0.3) is 27.3 Å². The van der Waals surface area contributed by atoms with Crippen molar-refractivity contribution >= 4 is 27.2 Å². The fourth-order valence-corrected chi connectivity index (χ4v) is 5.21. The van der Waals surface area contributed by atoms with Crippen LogP contribution in [0.4, 0.5) is 0 Å². The summed E-state index contributed by atoms with van der Waals surface area (Å²) in [4.78, 5) is 19.8. The topological polar surface area (TPSA) is 72.3 Å². The van der Waals surface area contributed by atoms with E-state index in [9.17, 15) is 4.79 Å². The van der Waals surface area contributed by atoms with Crippen molar-refractivity contribution in [3.63, 3.8) is 0 Å². The Bertz CT molecular complexity index is 1190. The van der Waals surface area contributed by atoms with Gasteiger partial charge in [0.25, 0.3) is 0 Å². The number of aromatic amines is 1. The molecule has 0 saturated carbocycles. The van der Waals surface area contributed by atoms with Gasteiger partial charge in [-0.1, -0.05) is 12.8 Å². The second-order valence-corrected chi connectivity index (χ2v) is 8.03. The van der Waals surface area contributed by atoms with E-state index >= 15 is 0 Å². The van der Waals surface area contributed by atoms with Gasteiger partial charge >= 0.3 is 5.69 Å². The summed E-state index contributed by atoms with van der Waals surface area (Å²) >= 11 is 1.76. The molecule has 0 aliphatic heterocycles. The molecular weight excluding hydrogens is 360 g/mol. The molecular formula is C20H20N4O2S. The maximum atomic E-state index is 12.5. The molecule has 0 bridgehead atoms. The number of ether oxygens (including phenoxy) is 1. The third-order valence-electron chi connectivity index (χ3n) is 5.32. The molecule has 5 rings (SSSR count). The molecule has 0 fully saturated rings. The van der Waals surface area contributed by atoms with Crippen LogP contribution in [0.5, 0.6) is 5.75 Å². The third kappa shape index (κ3) is 2.65. The van der Waals surface area contributed by atoms with Crippen LogP contribution in [-0.2, 0) is 12.8 Å². The number of hydrogen-bond acceptors (Lipinski definition) is 5. The van der Waals surface area contributed by atoms with E-state index < -0.39 is 0 Å². The summed E-state index contributed by atoms with van der Waals surface area (Å²) in [5, 5.41) is 8.04. The second kappa shape index (κ2) is 6.49. The molecule has 27 heavy (non-hydrogen) atoms. The number of rotatable bonds is 2. The molecule has 1 aliphatic rings. The van der Waals surface area contributed by atoms with Crippen molar-refractivity contribution < 1.29 is 4.74 Å². The van der Waals surface area contributed by atoms with Crippen molar-refractivity contribution in [3.05, 3.63) is 45.2 Å². The number of thiophene rings is 1. The molecule has 3 heterocycles. The molecule has 7 heteroatoms. The smallest absolute Gasteiger partial charge is 0.349 e. The lowest BCUT2D eigenvalue weighted by atomic mass is 9.98. The number of fused-ring (bicyclic) bond motifs is 5. The number of methoxy groups -OCH3 is 1. The summed E-state index contributed by atoms with van der Waals surface area (Å²) in [5.41, 5.74) is 2.64. The minimum atomic E-state index is -0.254. The summed E-state index contributed by atoms with van der Waals surface area (Å²) in [5.74, 6) is 1.39. The van der Waals surface area contributed by atoms with Gasteiger partial charge in [-0.05, 0) is 55.5 Å². The maximum Gasteiger partial charge on any atom is 0.349 e. The van der Waals surface area contributed by atoms with Gasteiger partial charge in [-0.25, -0.2) is 19.3 Å². The highest BCUT2D eigenvalue weighted by atomic mass is 32.1. The van der Waals surface area contributed by atoms with Crippen molar-refractivity contribution in [1.82, 2.24) is 19.6 Å². The van der Waals surface area contributed by atoms with Crippen molar-refractivity contribution in [2.24, 2.45) is 0 Å². The highest BCUT2D eigenvalue weighted by Crippen LogP contribution is 2.37. The molecule has 0 unspecified atom stereocenters. The van der Waals surface area contributed by atoms with Crippen LogP contribution >= 0.6 is 11.3 Å². The Balaban J connectivity index is 1.81. The van der Waals surface area contributed by atoms with Crippen LogP contribution < -0.4 is 10.4 Å². The third-order valence-corrected chi connectivity index (χ3v) is 6.50. The lowest BCUT2D eigenvalue weighted by Crippen LogP contribution is -2.13. The first-order chi connectivity index (χ1) is 13.3. The van der Waals surface area contributed by atoms with Gasteiger partial charge in [0, 0.05) is 10.4 Å². The Hall–Kier alpha value is -2.67. The second-order valence-electron chi connectivity index (χ2n) is 6.95. The van der Waals surface area contributed by atoms with Crippen LogP contribution in [0.2, 0.25) is 0 Å². The highest BCUT2D eigenvalue weighted by molar-refractivity contribution is 7.19. The van der Waals surface area contributed by atoms with Crippen LogP contribution in [0.15, 0.2) is 29.1 Å². The first-order valence-corrected chi connectivity index (χ1v) is 10.1. The monoisotopic (exact) mass is 380 g/mol. The van der Waals surface area contributed by atoms with Crippen molar-refractivity contribution in [2.45, 2.75) is 38.5 Å². The Morgan fingerprint density at radius 2 is 1.89 bits per heavy atom. The largest absolute Gasteiger partial charge is 0.497 e. The quantitative estimate of drug-likeness (QED) is 0.571. The van der Waals surface area contributed by atoms with Gasteiger partial charge in [-0.3, -0.25) is 0 Å². The van der Waals surface area contributed by atoms with Gasteiger partial charge in [0.15, 0.2) is 11.5 Å². The molecule has 138 valence electrons. The van der Waals surface area contributed by atoms with Gasteiger partial charge in [0.2, 0.25) is 0 Å². The standard InChI is InChI=1S/C20H20N4O2S/c1-26-13-10-8-12(9-11-13)17-21-19-16(18-22-23-20(25)24(17)18)14-6-4-2-3-5-7-15(14)27-19/h8-11H,2-7H2,1H3,(H,23,25). The van der Waals surface area contributed by atoms with Crippen LogP contribution in [0.3, 0.4) is 0 Å². The van der Waals surface area contributed by atoms with Crippen LogP contribution in [0, 0.1) is 0 Å². The van der Waals surface area contributed by atoms with Gasteiger partial charge in [0.05, 0.1) is 12.5 Å². The molecule has 1 aromatic carbocycles. The molecule has 0 radical (unpaired) electrons. The molecule has 1 aliphatic carbocycles. The number of nitrogens with zero attached hydrogens (tertiary/aromatic N) is 3. The van der Waals surface area contributed by atoms with Crippen molar-refractivity contribution in [1.29, 1.82) is 0 Å². The van der Waals surface area contributed by atoms with Gasteiger partial charge in [-0.15, -0.1) is 11.3 Å². The maximum absolute atomic E-state index is 12.5. The highest BCUT2D eigenvalue weighted by Gasteiger charge is 2.22. The molecule has 0 amide bonds. The molecule has 1 N–H and O–H groups in total. The lowest BCUT2D eigenvalue weighted by molar-refractivity contribution is 0.415. The van der Waals surface area contributed by atoms with E-state index in [2.05, 4.69) is 10.2 Å². The zero-order valence-corrected chi connectivity index (χ0v) is 15.9. The predicted molar refractivity (Wildman–Crippen MR) is 107 cm³/mol. The van der Waals surface area contributed by atoms with E-state index in [1.807, 2.05) is 24.3 Å². The van der Waals surface area contributed by atoms with Gasteiger partial charge in [-0.2, -0.15) is 5.10 Å². The normalized spacial score (nSPS) is 14.9. The van der Waals surface area contributed by atoms with Crippen LogP contribution in [0.1, 0.15) is 36.1 Å². The molecule has 0 spiro atoms. The number of H-pyrrole nitrogens is 1. The lowest BCUT2D eigenvalue weighted by Gasteiger charge is -2.10. The Labute approximate surface area is 159 Å². The Morgan fingerprint density at radius 3 is 2.67 bits per heavy atom. The number of aromatic nitrogens is 4. The fraction of sp³-hybridized carbons (Fsp3) is 0.350. The van der Waals surface area contributed by atoms with Crippen molar-refractivity contribution in [3.8, 4) is 17.1 Å². The van der Waals surface area contributed by atoms with Crippen molar-refractivity contribution in [2.75, 3.05) is 7.11 Å². The number of benzene rings is 1.